The van der Waals surface area contributed by atoms with Gasteiger partial charge < -0.3 is 25.1 Å². The second kappa shape index (κ2) is 8.32. The molecule has 0 saturated carbocycles. The topological polar surface area (TPSA) is 115 Å². The molecule has 0 radical (unpaired) electrons. The first-order chi connectivity index (χ1) is 16.8. The number of hydrogen-bond acceptors (Lipinski definition) is 6. The standard InChI is InChI=1S/C26H22ClN3O5/c1-3-34-24(32)21-22(28)35-19-12-14(2)29-23(31)20(19)26(21)16-9-5-7-11-18(16)30(25(26)33)13-15-8-4-6-10-17(15)27/h4-12H,3,13,28H2,1-2H3,(H,29,31)/t26-/m0/s1. The third-order valence-electron chi connectivity index (χ3n) is 6.28. The quantitative estimate of drug-likeness (QED) is 0.541. The zero-order valence-electron chi connectivity index (χ0n) is 19.1. The van der Waals surface area contributed by atoms with Gasteiger partial charge in [-0.25, -0.2) is 4.79 Å². The van der Waals surface area contributed by atoms with E-state index in [1.54, 1.807) is 56.3 Å². The molecule has 1 aromatic heterocycles. The number of carbonyl (C=O) groups is 2. The first-order valence-electron chi connectivity index (χ1n) is 11.0. The molecule has 1 amide bonds. The SMILES string of the molecule is CCOC(=O)C1=C(N)Oc2cc(C)[nH]c(=O)c2[C@]12C(=O)N(Cc1ccccc1Cl)c1ccccc12. The minimum absolute atomic E-state index is 0.0144. The Morgan fingerprint density at radius 2 is 1.89 bits per heavy atom. The molecule has 0 aliphatic carbocycles. The number of hydrogen-bond donors (Lipinski definition) is 2. The maximum Gasteiger partial charge on any atom is 0.341 e. The number of aryl methyl sites for hydroxylation is 1. The first kappa shape index (κ1) is 22.7. The third-order valence-corrected chi connectivity index (χ3v) is 6.65. The average molecular weight is 492 g/mol. The number of nitrogens with zero attached hydrogens (tertiary/aromatic N) is 1. The third kappa shape index (κ3) is 3.24. The first-order valence-corrected chi connectivity index (χ1v) is 11.4. The Morgan fingerprint density at radius 1 is 1.17 bits per heavy atom. The highest BCUT2D eigenvalue weighted by molar-refractivity contribution is 6.31. The van der Waals surface area contributed by atoms with Crippen LogP contribution in [0, 0.1) is 6.92 Å². The van der Waals surface area contributed by atoms with Gasteiger partial charge in [0.05, 0.1) is 18.7 Å². The summed E-state index contributed by atoms with van der Waals surface area (Å²) in [6, 6.07) is 15.7. The van der Waals surface area contributed by atoms with Gasteiger partial charge in [-0.2, -0.15) is 0 Å². The number of ether oxygens (including phenoxy) is 2. The lowest BCUT2D eigenvalue weighted by atomic mass is 9.68. The van der Waals surface area contributed by atoms with E-state index in [0.717, 1.165) is 0 Å². The molecule has 8 nitrogen and oxygen atoms in total. The molecule has 3 N–H and O–H groups in total. The van der Waals surface area contributed by atoms with Crippen molar-refractivity contribution < 1.29 is 19.1 Å². The van der Waals surface area contributed by atoms with Crippen molar-refractivity contribution in [3.05, 3.63) is 104 Å². The van der Waals surface area contributed by atoms with Crippen LogP contribution in [0.2, 0.25) is 5.02 Å². The van der Waals surface area contributed by atoms with E-state index < -0.39 is 22.9 Å². The number of rotatable bonds is 4. The molecule has 3 heterocycles. The fourth-order valence-corrected chi connectivity index (χ4v) is 5.12. The van der Waals surface area contributed by atoms with Gasteiger partial charge in [0.1, 0.15) is 16.7 Å². The number of anilines is 1. The summed E-state index contributed by atoms with van der Waals surface area (Å²) in [4.78, 5) is 45.4. The fourth-order valence-electron chi connectivity index (χ4n) is 4.92. The smallest absolute Gasteiger partial charge is 0.341 e. The van der Waals surface area contributed by atoms with E-state index in [0.29, 0.717) is 27.5 Å². The van der Waals surface area contributed by atoms with Gasteiger partial charge in [0, 0.05) is 28.0 Å². The summed E-state index contributed by atoms with van der Waals surface area (Å²) in [6.07, 6.45) is 0. The van der Waals surface area contributed by atoms with Crippen LogP contribution in [0.1, 0.15) is 29.3 Å². The van der Waals surface area contributed by atoms with Gasteiger partial charge in [0.25, 0.3) is 5.56 Å². The van der Waals surface area contributed by atoms with Crippen molar-refractivity contribution in [1.29, 1.82) is 0 Å². The minimum Gasteiger partial charge on any atom is -0.462 e. The Labute approximate surface area is 205 Å². The minimum atomic E-state index is -1.86. The number of para-hydroxylation sites is 1. The van der Waals surface area contributed by atoms with Crippen LogP contribution in [0.5, 0.6) is 5.75 Å². The van der Waals surface area contributed by atoms with Crippen molar-refractivity contribution in [1.82, 2.24) is 4.98 Å². The van der Waals surface area contributed by atoms with E-state index in [9.17, 15) is 14.4 Å². The summed E-state index contributed by atoms with van der Waals surface area (Å²) >= 11 is 6.41. The lowest BCUT2D eigenvalue weighted by Crippen LogP contribution is -2.51. The zero-order valence-corrected chi connectivity index (χ0v) is 19.8. The van der Waals surface area contributed by atoms with Crippen molar-refractivity contribution in [3.63, 3.8) is 0 Å². The molecule has 3 aromatic rings. The molecule has 0 unspecified atom stereocenters. The van der Waals surface area contributed by atoms with Crippen LogP contribution >= 0.6 is 11.6 Å². The van der Waals surface area contributed by atoms with Gasteiger partial charge in [-0.15, -0.1) is 0 Å². The Bertz CT molecular complexity index is 1480. The van der Waals surface area contributed by atoms with Crippen LogP contribution in [-0.2, 0) is 26.3 Å². The summed E-state index contributed by atoms with van der Waals surface area (Å²) < 4.78 is 11.0. The fraction of sp³-hybridized carbons (Fsp3) is 0.192. The number of nitrogens with one attached hydrogen (secondary N) is 1. The molecule has 1 spiro atoms. The van der Waals surface area contributed by atoms with Gasteiger partial charge in [0.15, 0.2) is 0 Å². The number of H-pyrrole nitrogens is 1. The van der Waals surface area contributed by atoms with Gasteiger partial charge in [-0.1, -0.05) is 48.0 Å². The molecule has 2 aliphatic heterocycles. The highest BCUT2D eigenvalue weighted by Gasteiger charge is 2.62. The Hall–Kier alpha value is -4.04. The molecule has 2 aromatic carbocycles. The summed E-state index contributed by atoms with van der Waals surface area (Å²) in [5, 5.41) is 0.486. The normalized spacial score (nSPS) is 18.4. The predicted molar refractivity (Wildman–Crippen MR) is 130 cm³/mol. The summed E-state index contributed by atoms with van der Waals surface area (Å²) in [5.41, 5.74) is 5.80. The van der Waals surface area contributed by atoms with Crippen LogP contribution in [0.15, 0.2) is 70.8 Å². The predicted octanol–water partition coefficient (Wildman–Crippen LogP) is 3.30. The molecule has 9 heteroatoms. The Morgan fingerprint density at radius 3 is 2.63 bits per heavy atom. The highest BCUT2D eigenvalue weighted by Crippen LogP contribution is 2.54. The molecule has 35 heavy (non-hydrogen) atoms. The van der Waals surface area contributed by atoms with Crippen molar-refractivity contribution in [2.24, 2.45) is 5.73 Å². The molecule has 1 atom stereocenters. The number of fused-ring (bicyclic) bond motifs is 4. The molecule has 0 saturated heterocycles. The largest absolute Gasteiger partial charge is 0.462 e. The number of benzene rings is 2. The number of carbonyl (C=O) groups excluding carboxylic acids is 2. The lowest BCUT2D eigenvalue weighted by molar-refractivity contribution is -0.140. The number of aromatic amines is 1. The molecule has 0 fully saturated rings. The number of pyridine rings is 1. The van der Waals surface area contributed by atoms with Crippen molar-refractivity contribution in [2.45, 2.75) is 25.8 Å². The van der Waals surface area contributed by atoms with Gasteiger partial charge in [-0.3, -0.25) is 9.59 Å². The maximum absolute atomic E-state index is 14.5. The second-order valence-electron chi connectivity index (χ2n) is 8.33. The molecular formula is C26H22ClN3O5. The van der Waals surface area contributed by atoms with E-state index in [2.05, 4.69) is 4.98 Å². The maximum atomic E-state index is 14.5. The van der Waals surface area contributed by atoms with Crippen LogP contribution in [0.3, 0.4) is 0 Å². The van der Waals surface area contributed by atoms with Gasteiger partial charge in [0.2, 0.25) is 11.8 Å². The average Bonchev–Trinajstić information content (AvgIpc) is 3.03. The summed E-state index contributed by atoms with van der Waals surface area (Å²) in [5.74, 6) is -1.54. The molecular weight excluding hydrogens is 470 g/mol. The van der Waals surface area contributed by atoms with Crippen LogP contribution < -0.4 is 20.9 Å². The Kier molecular flexibility index (Phi) is 5.40. The van der Waals surface area contributed by atoms with Crippen LogP contribution in [0.25, 0.3) is 0 Å². The number of nitrogens with two attached hydrogens (primary N) is 1. The van der Waals surface area contributed by atoms with Gasteiger partial charge >= 0.3 is 5.97 Å². The molecule has 2 aliphatic rings. The monoisotopic (exact) mass is 491 g/mol. The summed E-state index contributed by atoms with van der Waals surface area (Å²) in [6.45, 7) is 3.49. The van der Waals surface area contributed by atoms with E-state index in [1.807, 2.05) is 12.1 Å². The number of aromatic nitrogens is 1. The van der Waals surface area contributed by atoms with Gasteiger partial charge in [-0.05, 0) is 31.5 Å². The van der Waals surface area contributed by atoms with Crippen LogP contribution in [0.4, 0.5) is 5.69 Å². The van der Waals surface area contributed by atoms with E-state index in [4.69, 9.17) is 26.8 Å². The molecule has 0 bridgehead atoms. The number of halogens is 1. The zero-order chi connectivity index (χ0) is 24.9. The molecule has 5 rings (SSSR count). The highest BCUT2D eigenvalue weighted by atomic mass is 35.5. The molecule has 178 valence electrons. The van der Waals surface area contributed by atoms with Crippen molar-refractivity contribution in [3.8, 4) is 5.75 Å². The second-order valence-corrected chi connectivity index (χ2v) is 8.74. The van der Waals surface area contributed by atoms with Crippen LogP contribution in [-0.4, -0.2) is 23.5 Å². The van der Waals surface area contributed by atoms with E-state index in [1.165, 1.54) is 4.90 Å². The number of amides is 1. The van der Waals surface area contributed by atoms with E-state index in [-0.39, 0.29) is 35.9 Å². The van der Waals surface area contributed by atoms with Crippen molar-refractivity contribution in [2.75, 3.05) is 11.5 Å². The Balaban J connectivity index is 1.84. The van der Waals surface area contributed by atoms with E-state index >= 15 is 0 Å². The summed E-state index contributed by atoms with van der Waals surface area (Å²) in [7, 11) is 0. The van der Waals surface area contributed by atoms with Crippen molar-refractivity contribution >= 4 is 29.2 Å². The lowest BCUT2D eigenvalue weighted by Gasteiger charge is -2.35. The number of esters is 1.